The van der Waals surface area contributed by atoms with Crippen molar-refractivity contribution in [2.75, 3.05) is 19.8 Å². The van der Waals surface area contributed by atoms with Gasteiger partial charge in [0.25, 0.3) is 11.8 Å². The number of carbonyl (C=O) groups is 2. The van der Waals surface area contributed by atoms with E-state index in [4.69, 9.17) is 4.74 Å². The first kappa shape index (κ1) is 21.9. The van der Waals surface area contributed by atoms with E-state index in [0.717, 1.165) is 6.20 Å². The zero-order valence-corrected chi connectivity index (χ0v) is 17.0. The van der Waals surface area contributed by atoms with E-state index in [1.54, 1.807) is 4.90 Å². The number of carbonyl (C=O) groups excluding carboxylic acids is 2. The number of ether oxygens (including phenoxy) is 1. The summed E-state index contributed by atoms with van der Waals surface area (Å²) in [6.45, 7) is 2.12. The molecule has 1 fully saturated rings. The van der Waals surface area contributed by atoms with Crippen molar-refractivity contribution in [3.8, 4) is 5.75 Å². The molecule has 2 aromatic rings. The van der Waals surface area contributed by atoms with Gasteiger partial charge in [0, 0.05) is 37.0 Å². The fourth-order valence-corrected chi connectivity index (χ4v) is 4.15. The lowest BCUT2D eigenvalue weighted by atomic mass is 10.0. The normalized spacial score (nSPS) is 19.6. The molecule has 0 unspecified atom stereocenters. The summed E-state index contributed by atoms with van der Waals surface area (Å²) < 4.78 is 47.6. The summed E-state index contributed by atoms with van der Waals surface area (Å²) in [6, 6.07) is 0.199. The molecule has 1 saturated heterocycles. The second-order valence-corrected chi connectivity index (χ2v) is 7.68. The van der Waals surface area contributed by atoms with Crippen molar-refractivity contribution >= 4 is 11.8 Å². The van der Waals surface area contributed by atoms with Crippen LogP contribution in [-0.2, 0) is 11.3 Å². The summed E-state index contributed by atoms with van der Waals surface area (Å²) in [5.41, 5.74) is -2.41. The van der Waals surface area contributed by atoms with Crippen LogP contribution in [0.15, 0.2) is 23.1 Å². The molecule has 3 heterocycles. The van der Waals surface area contributed by atoms with E-state index in [0.29, 0.717) is 25.1 Å². The van der Waals surface area contributed by atoms with Gasteiger partial charge in [0.05, 0.1) is 25.3 Å². The van der Waals surface area contributed by atoms with Crippen LogP contribution < -0.4 is 10.7 Å². The number of hydrogen-bond acceptors (Lipinski definition) is 5. The lowest BCUT2D eigenvalue weighted by Crippen LogP contribution is -2.51. The minimum atomic E-state index is -1.19. The maximum atomic E-state index is 13.8. The molecule has 2 amide bonds. The summed E-state index contributed by atoms with van der Waals surface area (Å²) in [5.74, 6) is -5.93. The summed E-state index contributed by atoms with van der Waals surface area (Å²) in [7, 11) is 0. The number of hydrogen-bond donors (Lipinski definition) is 2. The smallest absolute Gasteiger partial charge is 0.274 e. The average molecular weight is 451 g/mol. The van der Waals surface area contributed by atoms with Crippen molar-refractivity contribution < 1.29 is 32.6 Å². The molecular formula is C21H20F3N3O5. The van der Waals surface area contributed by atoms with Gasteiger partial charge in [-0.15, -0.1) is 0 Å². The van der Waals surface area contributed by atoms with Crippen molar-refractivity contribution in [1.82, 2.24) is 14.8 Å². The van der Waals surface area contributed by atoms with Crippen LogP contribution in [0.3, 0.4) is 0 Å². The zero-order chi connectivity index (χ0) is 23.2. The first-order valence-corrected chi connectivity index (χ1v) is 10.0. The van der Waals surface area contributed by atoms with Gasteiger partial charge in [-0.1, -0.05) is 6.92 Å². The topological polar surface area (TPSA) is 101 Å². The van der Waals surface area contributed by atoms with Crippen LogP contribution in [0.2, 0.25) is 0 Å². The fourth-order valence-electron chi connectivity index (χ4n) is 4.15. The van der Waals surface area contributed by atoms with Gasteiger partial charge in [-0.25, -0.2) is 13.2 Å². The molecule has 32 heavy (non-hydrogen) atoms. The van der Waals surface area contributed by atoms with Crippen molar-refractivity contribution in [2.24, 2.45) is 0 Å². The molecule has 1 aromatic carbocycles. The molecule has 0 bridgehead atoms. The number of nitrogens with zero attached hydrogens (tertiary/aromatic N) is 2. The minimum Gasteiger partial charge on any atom is -0.503 e. The van der Waals surface area contributed by atoms with Crippen molar-refractivity contribution in [3.05, 3.63) is 62.8 Å². The van der Waals surface area contributed by atoms with Crippen molar-refractivity contribution in [3.63, 3.8) is 0 Å². The highest BCUT2D eigenvalue weighted by Crippen LogP contribution is 2.34. The largest absolute Gasteiger partial charge is 0.503 e. The molecule has 1 aromatic heterocycles. The zero-order valence-electron chi connectivity index (χ0n) is 17.0. The van der Waals surface area contributed by atoms with Gasteiger partial charge in [0.2, 0.25) is 5.43 Å². The van der Waals surface area contributed by atoms with Gasteiger partial charge in [0.1, 0.15) is 23.0 Å². The third-order valence-electron chi connectivity index (χ3n) is 5.69. The third-order valence-corrected chi connectivity index (χ3v) is 5.69. The van der Waals surface area contributed by atoms with E-state index in [-0.39, 0.29) is 24.9 Å². The van der Waals surface area contributed by atoms with Gasteiger partial charge in [-0.3, -0.25) is 14.4 Å². The number of halogens is 3. The monoisotopic (exact) mass is 451 g/mol. The van der Waals surface area contributed by atoms with Crippen molar-refractivity contribution in [2.45, 2.75) is 32.0 Å². The minimum absolute atomic E-state index is 0.209. The van der Waals surface area contributed by atoms with Gasteiger partial charge < -0.3 is 24.6 Å². The molecular weight excluding hydrogens is 431 g/mol. The lowest BCUT2D eigenvalue weighted by Gasteiger charge is -2.39. The molecule has 2 aliphatic rings. The van der Waals surface area contributed by atoms with E-state index in [1.165, 1.54) is 4.57 Å². The number of fused-ring (bicyclic) bond motifs is 3. The van der Waals surface area contributed by atoms with Crippen LogP contribution in [0.4, 0.5) is 13.2 Å². The van der Waals surface area contributed by atoms with Crippen LogP contribution in [0, 0.1) is 17.5 Å². The van der Waals surface area contributed by atoms with Crippen LogP contribution in [0.5, 0.6) is 5.75 Å². The van der Waals surface area contributed by atoms with Crippen LogP contribution in [0.25, 0.3) is 0 Å². The SMILES string of the molecule is CCCN1C(=O)c2c(O)c(=O)c(C(=O)NCc3c(F)cc(F)cc3F)cn2[C@@H]2COC[C@@H]21. The number of amides is 2. The molecule has 2 aliphatic heterocycles. The third kappa shape index (κ3) is 3.52. The summed E-state index contributed by atoms with van der Waals surface area (Å²) in [6.07, 6.45) is 1.81. The van der Waals surface area contributed by atoms with E-state index in [2.05, 4.69) is 5.32 Å². The van der Waals surface area contributed by atoms with E-state index >= 15 is 0 Å². The average Bonchev–Trinajstić information content (AvgIpc) is 3.22. The lowest BCUT2D eigenvalue weighted by molar-refractivity contribution is 0.0555. The number of rotatable bonds is 5. The maximum absolute atomic E-state index is 13.8. The predicted octanol–water partition coefficient (Wildman–Crippen LogP) is 1.71. The van der Waals surface area contributed by atoms with Gasteiger partial charge >= 0.3 is 0 Å². The Morgan fingerprint density at radius 2 is 1.84 bits per heavy atom. The summed E-state index contributed by atoms with van der Waals surface area (Å²) in [4.78, 5) is 39.8. The van der Waals surface area contributed by atoms with Gasteiger partial charge in [-0.05, 0) is 6.42 Å². The number of nitrogens with one attached hydrogen (secondary N) is 1. The molecule has 0 aliphatic carbocycles. The first-order valence-electron chi connectivity index (χ1n) is 10.0. The second kappa shape index (κ2) is 8.30. The number of aromatic hydroxyl groups is 1. The van der Waals surface area contributed by atoms with Crippen molar-refractivity contribution in [1.29, 1.82) is 0 Å². The van der Waals surface area contributed by atoms with E-state index < -0.39 is 64.2 Å². The molecule has 2 N–H and O–H groups in total. The maximum Gasteiger partial charge on any atom is 0.274 e. The highest BCUT2D eigenvalue weighted by atomic mass is 19.1. The molecule has 4 rings (SSSR count). The molecule has 0 radical (unpaired) electrons. The molecule has 11 heteroatoms. The van der Waals surface area contributed by atoms with E-state index in [1.807, 2.05) is 6.92 Å². The number of pyridine rings is 1. The number of aromatic nitrogens is 1. The Morgan fingerprint density at radius 3 is 2.50 bits per heavy atom. The van der Waals surface area contributed by atoms with Crippen LogP contribution in [0.1, 0.15) is 45.8 Å². The molecule has 0 saturated carbocycles. The van der Waals surface area contributed by atoms with E-state index in [9.17, 15) is 32.7 Å². The quantitative estimate of drug-likeness (QED) is 0.721. The molecule has 170 valence electrons. The van der Waals surface area contributed by atoms with Crippen LogP contribution >= 0.6 is 0 Å². The predicted molar refractivity (Wildman–Crippen MR) is 105 cm³/mol. The Labute approximate surface area is 180 Å². The Balaban J connectivity index is 1.68. The van der Waals surface area contributed by atoms with Gasteiger partial charge in [0.15, 0.2) is 11.4 Å². The van der Waals surface area contributed by atoms with Gasteiger partial charge in [-0.2, -0.15) is 0 Å². The molecule has 2 atom stereocenters. The molecule has 0 spiro atoms. The fraction of sp³-hybridized carbons (Fsp3) is 0.381. The first-order chi connectivity index (χ1) is 15.2. The Hall–Kier alpha value is -3.34. The standard InChI is InChI=1S/C21H20F3N3O5/c1-2-3-26-15-8-32-9-16(15)27-7-12(18(28)19(29)17(27)21(26)31)20(30)25-6-11-13(23)4-10(22)5-14(11)24/h4-5,7,15-16,29H,2-3,6,8-9H2,1H3,(H,25,30)/t15-,16+/m0/s1. The Kier molecular flexibility index (Phi) is 5.68. The summed E-state index contributed by atoms with van der Waals surface area (Å²) in [5, 5.41) is 12.7. The highest BCUT2D eigenvalue weighted by molar-refractivity contribution is 5.99. The number of benzene rings is 1. The summed E-state index contributed by atoms with van der Waals surface area (Å²) >= 11 is 0. The Morgan fingerprint density at radius 1 is 1.19 bits per heavy atom. The Bertz CT molecular complexity index is 1140. The van der Waals surface area contributed by atoms with Crippen LogP contribution in [-0.4, -0.2) is 52.2 Å². The highest BCUT2D eigenvalue weighted by Gasteiger charge is 2.44. The second-order valence-electron chi connectivity index (χ2n) is 7.68. The molecule has 8 nitrogen and oxygen atoms in total.